The van der Waals surface area contributed by atoms with Gasteiger partial charge in [0.2, 0.25) is 0 Å². The molecule has 0 saturated heterocycles. The Morgan fingerprint density at radius 1 is 1.21 bits per heavy atom. The van der Waals surface area contributed by atoms with Crippen molar-refractivity contribution in [2.45, 2.75) is 32.7 Å². The number of halogens is 2. The fourth-order valence-corrected chi connectivity index (χ4v) is 1.99. The molecule has 0 aliphatic rings. The van der Waals surface area contributed by atoms with E-state index in [-0.39, 0.29) is 30.4 Å². The van der Waals surface area contributed by atoms with E-state index in [9.17, 15) is 0 Å². The molecule has 6 heteroatoms. The summed E-state index contributed by atoms with van der Waals surface area (Å²) in [7, 11) is 0. The Morgan fingerprint density at radius 2 is 1.74 bits per heavy atom. The van der Waals surface area contributed by atoms with E-state index in [4.69, 9.17) is 11.5 Å². The molecule has 3 nitrogen and oxygen atoms in total. The maximum Gasteiger partial charge on any atom is 0.159 e. The van der Waals surface area contributed by atoms with Crippen LogP contribution in [0.2, 0.25) is 0 Å². The molecule has 1 aromatic carbocycles. The maximum atomic E-state index is 5.97. The van der Waals surface area contributed by atoms with Crippen molar-refractivity contribution in [2.75, 3.05) is 5.75 Å². The van der Waals surface area contributed by atoms with E-state index in [1.54, 1.807) is 11.8 Å². The third kappa shape index (κ3) is 9.16. The summed E-state index contributed by atoms with van der Waals surface area (Å²) in [5.41, 5.74) is 13.7. The highest BCUT2D eigenvalue weighted by Crippen LogP contribution is 2.17. The standard InChI is InChI=1S/C13H21N3S.2ClH/c1-4-17-12(14)16-11-7-5-10(6-8-11)9-13(2,3)15;;/h5-8H,4,9,15H2,1-3H3,(H2,14,16);2*1H. The second-order valence-electron chi connectivity index (χ2n) is 4.71. The number of nitrogens with two attached hydrogens (primary N) is 2. The molecular weight excluding hydrogens is 301 g/mol. The largest absolute Gasteiger partial charge is 0.378 e. The van der Waals surface area contributed by atoms with E-state index in [2.05, 4.69) is 24.0 Å². The number of nitrogens with zero attached hydrogens (tertiary/aromatic N) is 1. The van der Waals surface area contributed by atoms with Gasteiger partial charge in [-0.15, -0.1) is 24.8 Å². The van der Waals surface area contributed by atoms with Crippen molar-refractivity contribution in [3.8, 4) is 0 Å². The molecule has 0 unspecified atom stereocenters. The lowest BCUT2D eigenvalue weighted by atomic mass is 9.96. The van der Waals surface area contributed by atoms with Crippen LogP contribution in [0.4, 0.5) is 5.69 Å². The minimum Gasteiger partial charge on any atom is -0.378 e. The number of aliphatic imine (C=N–C) groups is 1. The SMILES string of the molecule is CCSC(N)=Nc1ccc(CC(C)(C)N)cc1.Cl.Cl. The van der Waals surface area contributed by atoms with Gasteiger partial charge in [0.15, 0.2) is 5.17 Å². The molecule has 0 radical (unpaired) electrons. The summed E-state index contributed by atoms with van der Waals surface area (Å²) in [6.07, 6.45) is 0.857. The summed E-state index contributed by atoms with van der Waals surface area (Å²) in [6.45, 7) is 6.10. The van der Waals surface area contributed by atoms with E-state index in [0.717, 1.165) is 17.9 Å². The van der Waals surface area contributed by atoms with Gasteiger partial charge >= 0.3 is 0 Å². The van der Waals surface area contributed by atoms with E-state index in [1.165, 1.54) is 5.56 Å². The van der Waals surface area contributed by atoms with Crippen molar-refractivity contribution in [2.24, 2.45) is 16.5 Å². The highest BCUT2D eigenvalue weighted by Gasteiger charge is 2.11. The molecule has 0 atom stereocenters. The van der Waals surface area contributed by atoms with Crippen LogP contribution in [-0.4, -0.2) is 16.5 Å². The molecule has 0 bridgehead atoms. The topological polar surface area (TPSA) is 64.4 Å². The Morgan fingerprint density at radius 3 is 2.16 bits per heavy atom. The zero-order valence-electron chi connectivity index (χ0n) is 11.6. The van der Waals surface area contributed by atoms with Crippen molar-refractivity contribution in [3.05, 3.63) is 29.8 Å². The smallest absolute Gasteiger partial charge is 0.159 e. The Kier molecular flexibility index (Phi) is 10.4. The molecule has 110 valence electrons. The molecule has 0 aliphatic heterocycles. The normalized spacial score (nSPS) is 11.5. The van der Waals surface area contributed by atoms with Crippen molar-refractivity contribution in [1.29, 1.82) is 0 Å². The number of hydrogen-bond donors (Lipinski definition) is 2. The fourth-order valence-electron chi connectivity index (χ4n) is 1.52. The minimum atomic E-state index is -0.179. The van der Waals surface area contributed by atoms with Gasteiger partial charge in [-0.05, 0) is 43.7 Å². The van der Waals surface area contributed by atoms with Gasteiger partial charge in [0.25, 0.3) is 0 Å². The third-order valence-electron chi connectivity index (χ3n) is 2.13. The molecule has 0 spiro atoms. The quantitative estimate of drug-likeness (QED) is 0.658. The molecule has 0 aliphatic carbocycles. The number of amidine groups is 1. The predicted molar refractivity (Wildman–Crippen MR) is 92.3 cm³/mol. The van der Waals surface area contributed by atoms with Crippen LogP contribution in [-0.2, 0) is 6.42 Å². The number of thioether (sulfide) groups is 1. The lowest BCUT2D eigenvalue weighted by molar-refractivity contribution is 0.517. The van der Waals surface area contributed by atoms with Crippen LogP contribution in [0.1, 0.15) is 26.3 Å². The average molecular weight is 324 g/mol. The molecule has 0 aromatic heterocycles. The zero-order valence-corrected chi connectivity index (χ0v) is 14.0. The Labute approximate surface area is 132 Å². The lowest BCUT2D eigenvalue weighted by Gasteiger charge is -2.18. The first kappa shape index (κ1) is 20.9. The first-order chi connectivity index (χ1) is 7.90. The van der Waals surface area contributed by atoms with Crippen molar-refractivity contribution >= 4 is 47.4 Å². The Hall–Kier alpha value is -0.420. The molecule has 1 rings (SSSR count). The lowest BCUT2D eigenvalue weighted by Crippen LogP contribution is -2.34. The van der Waals surface area contributed by atoms with Gasteiger partial charge in [-0.3, -0.25) is 0 Å². The van der Waals surface area contributed by atoms with Crippen LogP contribution < -0.4 is 11.5 Å². The first-order valence-electron chi connectivity index (χ1n) is 5.75. The zero-order chi connectivity index (χ0) is 12.9. The second-order valence-corrected chi connectivity index (χ2v) is 6.00. The van der Waals surface area contributed by atoms with Gasteiger partial charge in [0.1, 0.15) is 0 Å². The molecule has 1 aromatic rings. The Balaban J connectivity index is 0. The average Bonchev–Trinajstić information content (AvgIpc) is 2.19. The maximum absolute atomic E-state index is 5.97. The number of hydrogen-bond acceptors (Lipinski definition) is 3. The monoisotopic (exact) mass is 323 g/mol. The molecular formula is C13H23Cl2N3S. The van der Waals surface area contributed by atoms with Crippen LogP contribution in [0.5, 0.6) is 0 Å². The van der Waals surface area contributed by atoms with Crippen LogP contribution in [0, 0.1) is 0 Å². The predicted octanol–water partition coefficient (Wildman–Crippen LogP) is 3.51. The fraction of sp³-hybridized carbons (Fsp3) is 0.462. The summed E-state index contributed by atoms with van der Waals surface area (Å²) in [4.78, 5) is 4.31. The highest BCUT2D eigenvalue weighted by atomic mass is 35.5. The summed E-state index contributed by atoms with van der Waals surface area (Å²) < 4.78 is 0. The van der Waals surface area contributed by atoms with Crippen LogP contribution in [0.3, 0.4) is 0 Å². The number of rotatable bonds is 4. The van der Waals surface area contributed by atoms with Gasteiger partial charge in [0, 0.05) is 5.54 Å². The van der Waals surface area contributed by atoms with E-state index in [1.807, 2.05) is 26.0 Å². The van der Waals surface area contributed by atoms with Gasteiger partial charge in [-0.1, -0.05) is 30.8 Å². The summed E-state index contributed by atoms with van der Waals surface area (Å²) in [6, 6.07) is 8.06. The minimum absolute atomic E-state index is 0. The van der Waals surface area contributed by atoms with Crippen LogP contribution >= 0.6 is 36.6 Å². The molecule has 0 heterocycles. The first-order valence-corrected chi connectivity index (χ1v) is 6.74. The summed E-state index contributed by atoms with van der Waals surface area (Å²) >= 11 is 1.55. The molecule has 19 heavy (non-hydrogen) atoms. The third-order valence-corrected chi connectivity index (χ3v) is 2.80. The summed E-state index contributed by atoms with van der Waals surface area (Å²) in [5.74, 6) is 0.939. The van der Waals surface area contributed by atoms with Gasteiger partial charge in [0.05, 0.1) is 5.69 Å². The molecule has 0 fully saturated rings. The van der Waals surface area contributed by atoms with Crippen LogP contribution in [0.15, 0.2) is 29.3 Å². The van der Waals surface area contributed by atoms with E-state index in [0.29, 0.717) is 5.17 Å². The van der Waals surface area contributed by atoms with E-state index < -0.39 is 0 Å². The van der Waals surface area contributed by atoms with Gasteiger partial charge in [-0.2, -0.15) is 0 Å². The number of benzene rings is 1. The van der Waals surface area contributed by atoms with Crippen LogP contribution in [0.25, 0.3) is 0 Å². The summed E-state index contributed by atoms with van der Waals surface area (Å²) in [5, 5.41) is 0.611. The molecule has 0 saturated carbocycles. The second kappa shape index (κ2) is 9.48. The van der Waals surface area contributed by atoms with E-state index >= 15 is 0 Å². The van der Waals surface area contributed by atoms with Crippen molar-refractivity contribution < 1.29 is 0 Å². The van der Waals surface area contributed by atoms with Crippen molar-refractivity contribution in [1.82, 2.24) is 0 Å². The molecule has 0 amide bonds. The highest BCUT2D eigenvalue weighted by molar-refractivity contribution is 8.13. The molecule has 4 N–H and O–H groups in total. The Bertz CT molecular complexity index is 386. The van der Waals surface area contributed by atoms with Crippen molar-refractivity contribution in [3.63, 3.8) is 0 Å². The van der Waals surface area contributed by atoms with Gasteiger partial charge < -0.3 is 11.5 Å². The van der Waals surface area contributed by atoms with Gasteiger partial charge in [-0.25, -0.2) is 4.99 Å².